The first-order valence-electron chi connectivity index (χ1n) is 11.7. The van der Waals surface area contributed by atoms with E-state index in [0.29, 0.717) is 27.1 Å². The molecular weight excluding hydrogens is 541 g/mol. The summed E-state index contributed by atoms with van der Waals surface area (Å²) in [5.41, 5.74) is 0.135. The van der Waals surface area contributed by atoms with Crippen molar-refractivity contribution in [2.45, 2.75) is 52.7 Å². The van der Waals surface area contributed by atoms with Crippen molar-refractivity contribution in [2.24, 2.45) is 0 Å². The molecule has 1 atom stereocenters. The van der Waals surface area contributed by atoms with Gasteiger partial charge in [0.15, 0.2) is 11.5 Å². The molecule has 0 unspecified atom stereocenters. The SMILES string of the molecule is CCS(=O)(=O)N(CC(=O)N(Cc1c(Cl)cccc1Cl)[C@@H](C)C(=O)NC(C)(C)C)c1ccc2c(c1)OCO2. The number of anilines is 1. The summed E-state index contributed by atoms with van der Waals surface area (Å²) >= 11 is 12.7. The van der Waals surface area contributed by atoms with Crippen LogP contribution in [0.3, 0.4) is 0 Å². The van der Waals surface area contributed by atoms with Gasteiger partial charge in [0.2, 0.25) is 28.6 Å². The number of carbonyl (C=O) groups excluding carboxylic acids is 2. The van der Waals surface area contributed by atoms with Crippen LogP contribution in [0.15, 0.2) is 36.4 Å². The van der Waals surface area contributed by atoms with Gasteiger partial charge in [-0.3, -0.25) is 13.9 Å². The first-order chi connectivity index (χ1) is 17.2. The molecule has 0 spiro atoms. The van der Waals surface area contributed by atoms with E-state index in [2.05, 4.69) is 5.32 Å². The average molecular weight is 573 g/mol. The topological polar surface area (TPSA) is 105 Å². The van der Waals surface area contributed by atoms with Crippen LogP contribution in [0.4, 0.5) is 5.69 Å². The minimum atomic E-state index is -3.89. The van der Waals surface area contributed by atoms with E-state index >= 15 is 0 Å². The normalized spacial score (nSPS) is 13.7. The van der Waals surface area contributed by atoms with Crippen LogP contribution in [-0.4, -0.2) is 55.8 Å². The number of nitrogens with one attached hydrogen (secondary N) is 1. The van der Waals surface area contributed by atoms with Gasteiger partial charge in [0, 0.05) is 33.8 Å². The van der Waals surface area contributed by atoms with Gasteiger partial charge in [-0.25, -0.2) is 8.42 Å². The predicted octanol–water partition coefficient (Wildman–Crippen LogP) is 4.21. The number of fused-ring (bicyclic) bond motifs is 1. The summed E-state index contributed by atoms with van der Waals surface area (Å²) in [4.78, 5) is 28.1. The highest BCUT2D eigenvalue weighted by molar-refractivity contribution is 7.92. The maximum absolute atomic E-state index is 13.8. The monoisotopic (exact) mass is 571 g/mol. The first kappa shape index (κ1) is 28.9. The standard InChI is InChI=1S/C25H31Cl2N3O6S/c1-6-37(33,34)30(17-10-11-21-22(12-17)36-15-35-21)14-23(31)29(16(2)24(32)28-25(3,4)5)13-18-19(26)8-7-9-20(18)27/h7-12,16H,6,13-15H2,1-5H3,(H,28,32)/t16-/m0/s1. The van der Waals surface area contributed by atoms with Crippen molar-refractivity contribution in [3.63, 3.8) is 0 Å². The Morgan fingerprint density at radius 2 is 1.70 bits per heavy atom. The number of nitrogens with zero attached hydrogens (tertiary/aromatic N) is 2. The summed E-state index contributed by atoms with van der Waals surface area (Å²) in [7, 11) is -3.89. The Labute approximate surface area is 227 Å². The molecule has 1 aliphatic rings. The van der Waals surface area contributed by atoms with Crippen LogP contribution >= 0.6 is 23.2 Å². The minimum absolute atomic E-state index is 0.0189. The molecule has 9 nitrogen and oxygen atoms in total. The van der Waals surface area contributed by atoms with Gasteiger partial charge in [-0.2, -0.15) is 0 Å². The predicted molar refractivity (Wildman–Crippen MR) is 144 cm³/mol. The zero-order valence-electron chi connectivity index (χ0n) is 21.4. The van der Waals surface area contributed by atoms with Crippen LogP contribution in [0.1, 0.15) is 40.2 Å². The van der Waals surface area contributed by atoms with Crippen molar-refractivity contribution in [3.05, 3.63) is 52.0 Å². The van der Waals surface area contributed by atoms with Crippen LogP contribution < -0.4 is 19.1 Å². The molecule has 1 N–H and O–H groups in total. The molecule has 2 aromatic carbocycles. The van der Waals surface area contributed by atoms with Gasteiger partial charge in [-0.05, 0) is 58.9 Å². The van der Waals surface area contributed by atoms with E-state index in [-0.39, 0.29) is 24.8 Å². The maximum Gasteiger partial charge on any atom is 0.244 e. The van der Waals surface area contributed by atoms with Crippen molar-refractivity contribution in [3.8, 4) is 11.5 Å². The van der Waals surface area contributed by atoms with E-state index in [0.717, 1.165) is 4.31 Å². The lowest BCUT2D eigenvalue weighted by Crippen LogP contribution is -2.54. The summed E-state index contributed by atoms with van der Waals surface area (Å²) in [5.74, 6) is -0.407. The van der Waals surface area contributed by atoms with Crippen LogP contribution in [0.25, 0.3) is 0 Å². The first-order valence-corrected chi connectivity index (χ1v) is 14.0. The van der Waals surface area contributed by atoms with Crippen molar-refractivity contribution in [1.82, 2.24) is 10.2 Å². The Morgan fingerprint density at radius 1 is 1.08 bits per heavy atom. The van der Waals surface area contributed by atoms with E-state index in [4.69, 9.17) is 32.7 Å². The summed E-state index contributed by atoms with van der Waals surface area (Å²) < 4.78 is 37.9. The number of benzene rings is 2. The smallest absolute Gasteiger partial charge is 0.244 e. The van der Waals surface area contributed by atoms with E-state index in [1.54, 1.807) is 37.3 Å². The summed E-state index contributed by atoms with van der Waals surface area (Å²) in [5, 5.41) is 3.51. The number of hydrogen-bond donors (Lipinski definition) is 1. The van der Waals surface area contributed by atoms with E-state index < -0.39 is 40.0 Å². The molecule has 0 saturated carbocycles. The molecule has 12 heteroatoms. The van der Waals surface area contributed by atoms with Gasteiger partial charge in [-0.1, -0.05) is 29.3 Å². The number of amides is 2. The fraction of sp³-hybridized carbons (Fsp3) is 0.440. The quantitative estimate of drug-likeness (QED) is 0.483. The minimum Gasteiger partial charge on any atom is -0.454 e. The van der Waals surface area contributed by atoms with Gasteiger partial charge < -0.3 is 19.7 Å². The highest BCUT2D eigenvalue weighted by atomic mass is 35.5. The molecule has 0 bridgehead atoms. The molecule has 0 aliphatic carbocycles. The zero-order valence-corrected chi connectivity index (χ0v) is 23.7. The van der Waals surface area contributed by atoms with Crippen LogP contribution in [0, 0.1) is 0 Å². The van der Waals surface area contributed by atoms with Gasteiger partial charge in [0.25, 0.3) is 0 Å². The van der Waals surface area contributed by atoms with E-state index in [9.17, 15) is 18.0 Å². The summed E-state index contributed by atoms with van der Waals surface area (Å²) in [6.45, 7) is 7.90. The number of rotatable bonds is 9. The highest BCUT2D eigenvalue weighted by Gasteiger charge is 2.33. The fourth-order valence-corrected chi connectivity index (χ4v) is 5.24. The lowest BCUT2D eigenvalue weighted by molar-refractivity contribution is -0.140. The van der Waals surface area contributed by atoms with Crippen molar-refractivity contribution in [2.75, 3.05) is 23.4 Å². The summed E-state index contributed by atoms with van der Waals surface area (Å²) in [6, 6.07) is 8.61. The second-order valence-electron chi connectivity index (χ2n) is 9.58. The van der Waals surface area contributed by atoms with Crippen molar-refractivity contribution < 1.29 is 27.5 Å². The van der Waals surface area contributed by atoms with Gasteiger partial charge in [-0.15, -0.1) is 0 Å². The molecule has 3 rings (SSSR count). The molecule has 202 valence electrons. The second kappa shape index (κ2) is 11.4. The zero-order chi connectivity index (χ0) is 27.5. The molecule has 0 radical (unpaired) electrons. The second-order valence-corrected chi connectivity index (χ2v) is 12.6. The third-order valence-corrected chi connectivity index (χ3v) is 8.13. The van der Waals surface area contributed by atoms with E-state index in [1.807, 2.05) is 20.8 Å². The molecule has 37 heavy (non-hydrogen) atoms. The van der Waals surface area contributed by atoms with Crippen LogP contribution in [0.2, 0.25) is 10.0 Å². The molecule has 0 saturated heterocycles. The Hall–Kier alpha value is -2.69. The summed E-state index contributed by atoms with van der Waals surface area (Å²) in [6.07, 6.45) is 0. The number of ether oxygens (including phenoxy) is 2. The number of halogens is 2. The van der Waals surface area contributed by atoms with Gasteiger partial charge in [0.05, 0.1) is 11.4 Å². The molecule has 2 aromatic rings. The Kier molecular flexibility index (Phi) is 8.87. The Morgan fingerprint density at radius 3 is 2.30 bits per heavy atom. The maximum atomic E-state index is 13.8. The molecular formula is C25H31Cl2N3O6S. The van der Waals surface area contributed by atoms with Crippen LogP contribution in [0.5, 0.6) is 11.5 Å². The Balaban J connectivity index is 1.99. The third-order valence-electron chi connectivity index (χ3n) is 5.68. The largest absolute Gasteiger partial charge is 0.454 e. The van der Waals surface area contributed by atoms with Crippen LogP contribution in [-0.2, 0) is 26.2 Å². The van der Waals surface area contributed by atoms with Gasteiger partial charge in [0.1, 0.15) is 12.6 Å². The highest BCUT2D eigenvalue weighted by Crippen LogP contribution is 2.36. The van der Waals surface area contributed by atoms with Crippen molar-refractivity contribution in [1.29, 1.82) is 0 Å². The molecule has 2 amide bonds. The van der Waals surface area contributed by atoms with E-state index in [1.165, 1.54) is 17.9 Å². The molecule has 0 fully saturated rings. The fourth-order valence-electron chi connectivity index (χ4n) is 3.67. The molecule has 1 heterocycles. The molecule has 0 aromatic heterocycles. The average Bonchev–Trinajstić information content (AvgIpc) is 3.28. The van der Waals surface area contributed by atoms with Crippen molar-refractivity contribution >= 4 is 50.7 Å². The number of hydrogen-bond acceptors (Lipinski definition) is 6. The Bertz CT molecular complexity index is 1260. The number of carbonyl (C=O) groups is 2. The molecule has 1 aliphatic heterocycles. The third kappa shape index (κ3) is 7.00. The van der Waals surface area contributed by atoms with Gasteiger partial charge >= 0.3 is 0 Å². The lowest BCUT2D eigenvalue weighted by atomic mass is 10.1. The lowest BCUT2D eigenvalue weighted by Gasteiger charge is -2.33. The number of sulfonamides is 1.